The normalized spacial score (nSPS) is 11.5. The van der Waals surface area contributed by atoms with Crippen LogP contribution in [0.25, 0.3) is 0 Å². The number of alkyl halides is 1. The number of rotatable bonds is 5. The molecule has 1 rings (SSSR count). The van der Waals surface area contributed by atoms with E-state index in [1.54, 1.807) is 0 Å². The van der Waals surface area contributed by atoms with Gasteiger partial charge in [0.25, 0.3) is 5.91 Å². The highest BCUT2D eigenvalue weighted by molar-refractivity contribution is 9.09. The Morgan fingerprint density at radius 3 is 2.37 bits per heavy atom. The smallest absolute Gasteiger partial charge is 0.254 e. The first-order valence-electron chi connectivity index (χ1n) is 5.92. The van der Waals surface area contributed by atoms with Crippen LogP contribution in [0.2, 0.25) is 5.02 Å². The number of hydrogen-bond donors (Lipinski definition) is 1. The van der Waals surface area contributed by atoms with Crippen LogP contribution in [0, 0.1) is 11.6 Å². The van der Waals surface area contributed by atoms with Gasteiger partial charge in [-0.2, -0.15) is 0 Å². The summed E-state index contributed by atoms with van der Waals surface area (Å²) < 4.78 is 27.0. The SMILES string of the molecule is CCC(CC)(CBr)NC(=O)c1cc(F)c(Cl)cc1F. The molecule has 19 heavy (non-hydrogen) atoms. The fourth-order valence-corrected chi connectivity index (χ4v) is 2.74. The standard InChI is InChI=1S/C13H15BrClF2NO/c1-3-13(4-2,7-14)18-12(19)8-5-11(17)9(15)6-10(8)16/h5-6H,3-4,7H2,1-2H3,(H,18,19). The lowest BCUT2D eigenvalue weighted by atomic mass is 9.95. The monoisotopic (exact) mass is 353 g/mol. The van der Waals surface area contributed by atoms with Gasteiger partial charge in [-0.15, -0.1) is 0 Å². The van der Waals surface area contributed by atoms with E-state index in [9.17, 15) is 13.6 Å². The average molecular weight is 355 g/mol. The second-order valence-corrected chi connectivity index (χ2v) is 5.29. The van der Waals surface area contributed by atoms with Crippen LogP contribution >= 0.6 is 27.5 Å². The van der Waals surface area contributed by atoms with E-state index in [1.165, 1.54) is 0 Å². The molecule has 1 amide bonds. The molecule has 0 aliphatic heterocycles. The topological polar surface area (TPSA) is 29.1 Å². The molecule has 0 unspecified atom stereocenters. The van der Waals surface area contributed by atoms with Crippen molar-refractivity contribution < 1.29 is 13.6 Å². The molecular weight excluding hydrogens is 340 g/mol. The number of halogens is 4. The Morgan fingerprint density at radius 2 is 1.89 bits per heavy atom. The molecule has 1 aromatic carbocycles. The molecule has 0 bridgehead atoms. The fourth-order valence-electron chi connectivity index (χ4n) is 1.65. The average Bonchev–Trinajstić information content (AvgIpc) is 2.40. The van der Waals surface area contributed by atoms with E-state index in [0.717, 1.165) is 12.1 Å². The van der Waals surface area contributed by atoms with Gasteiger partial charge < -0.3 is 5.32 Å². The van der Waals surface area contributed by atoms with Crippen molar-refractivity contribution in [2.45, 2.75) is 32.2 Å². The highest BCUT2D eigenvalue weighted by Gasteiger charge is 2.28. The van der Waals surface area contributed by atoms with Crippen LogP contribution in [0.15, 0.2) is 12.1 Å². The van der Waals surface area contributed by atoms with Crippen LogP contribution in [0.4, 0.5) is 8.78 Å². The Kier molecular flexibility index (Phi) is 5.74. The van der Waals surface area contributed by atoms with E-state index in [0.29, 0.717) is 18.2 Å². The van der Waals surface area contributed by atoms with Crippen molar-refractivity contribution in [3.63, 3.8) is 0 Å². The van der Waals surface area contributed by atoms with Crippen LogP contribution in [0.5, 0.6) is 0 Å². The van der Waals surface area contributed by atoms with Gasteiger partial charge >= 0.3 is 0 Å². The molecule has 1 N–H and O–H groups in total. The summed E-state index contributed by atoms with van der Waals surface area (Å²) in [5, 5.41) is 2.94. The van der Waals surface area contributed by atoms with E-state index >= 15 is 0 Å². The van der Waals surface area contributed by atoms with Gasteiger partial charge in [0.2, 0.25) is 0 Å². The lowest BCUT2D eigenvalue weighted by Crippen LogP contribution is -2.49. The van der Waals surface area contributed by atoms with Gasteiger partial charge in [0.15, 0.2) is 0 Å². The molecule has 0 aliphatic rings. The summed E-state index contributed by atoms with van der Waals surface area (Å²) in [5.74, 6) is -2.29. The molecule has 0 fully saturated rings. The summed E-state index contributed by atoms with van der Waals surface area (Å²) in [6.07, 6.45) is 1.36. The van der Waals surface area contributed by atoms with Gasteiger partial charge in [-0.1, -0.05) is 41.4 Å². The first kappa shape index (κ1) is 16.4. The molecule has 0 atom stereocenters. The van der Waals surface area contributed by atoms with E-state index in [4.69, 9.17) is 11.6 Å². The second kappa shape index (κ2) is 6.66. The van der Waals surface area contributed by atoms with Gasteiger partial charge in [-0.3, -0.25) is 4.79 Å². The zero-order valence-electron chi connectivity index (χ0n) is 10.7. The summed E-state index contributed by atoms with van der Waals surface area (Å²) >= 11 is 8.79. The van der Waals surface area contributed by atoms with Gasteiger partial charge in [0, 0.05) is 10.9 Å². The van der Waals surface area contributed by atoms with Crippen LogP contribution in [-0.2, 0) is 0 Å². The summed E-state index contributed by atoms with van der Waals surface area (Å²) in [4.78, 5) is 12.0. The molecule has 0 saturated heterocycles. The minimum absolute atomic E-state index is 0.339. The summed E-state index contributed by atoms with van der Waals surface area (Å²) in [5.41, 5.74) is -0.811. The van der Waals surface area contributed by atoms with Crippen molar-refractivity contribution in [3.05, 3.63) is 34.4 Å². The van der Waals surface area contributed by atoms with Gasteiger partial charge in [0.05, 0.1) is 10.6 Å². The lowest BCUT2D eigenvalue weighted by molar-refractivity contribution is 0.0899. The third-order valence-corrected chi connectivity index (χ3v) is 4.61. The zero-order chi connectivity index (χ0) is 14.6. The molecule has 106 valence electrons. The van der Waals surface area contributed by atoms with E-state index in [1.807, 2.05) is 13.8 Å². The van der Waals surface area contributed by atoms with Gasteiger partial charge in [0.1, 0.15) is 11.6 Å². The maximum absolute atomic E-state index is 13.6. The highest BCUT2D eigenvalue weighted by Crippen LogP contribution is 2.22. The maximum atomic E-state index is 13.6. The molecule has 0 aliphatic carbocycles. The van der Waals surface area contributed by atoms with Crippen molar-refractivity contribution >= 4 is 33.4 Å². The fraction of sp³-hybridized carbons (Fsp3) is 0.462. The minimum atomic E-state index is -0.834. The van der Waals surface area contributed by atoms with E-state index in [-0.39, 0.29) is 10.6 Å². The van der Waals surface area contributed by atoms with Crippen molar-refractivity contribution in [1.29, 1.82) is 0 Å². The predicted molar refractivity (Wildman–Crippen MR) is 75.9 cm³/mol. The Bertz CT molecular complexity index is 470. The van der Waals surface area contributed by atoms with Crippen LogP contribution in [0.1, 0.15) is 37.0 Å². The quantitative estimate of drug-likeness (QED) is 0.620. The Labute approximate surface area is 124 Å². The predicted octanol–water partition coefficient (Wildman–Crippen LogP) is 4.30. The molecule has 2 nitrogen and oxygen atoms in total. The molecule has 1 aromatic rings. The maximum Gasteiger partial charge on any atom is 0.254 e. The van der Waals surface area contributed by atoms with Crippen LogP contribution < -0.4 is 5.32 Å². The summed E-state index contributed by atoms with van der Waals surface area (Å²) in [6.45, 7) is 3.84. The van der Waals surface area contributed by atoms with Gasteiger partial charge in [-0.25, -0.2) is 8.78 Å². The number of amides is 1. The van der Waals surface area contributed by atoms with E-state index < -0.39 is 23.1 Å². The first-order valence-corrected chi connectivity index (χ1v) is 7.42. The first-order chi connectivity index (χ1) is 8.89. The third-order valence-electron chi connectivity index (χ3n) is 3.24. The van der Waals surface area contributed by atoms with E-state index in [2.05, 4.69) is 21.2 Å². The van der Waals surface area contributed by atoms with Crippen molar-refractivity contribution in [1.82, 2.24) is 5.32 Å². The van der Waals surface area contributed by atoms with Crippen LogP contribution in [-0.4, -0.2) is 16.8 Å². The Morgan fingerprint density at radius 1 is 1.32 bits per heavy atom. The van der Waals surface area contributed by atoms with Crippen molar-refractivity contribution in [3.8, 4) is 0 Å². The summed E-state index contributed by atoms with van der Waals surface area (Å²) in [6, 6.07) is 1.62. The molecule has 0 aromatic heterocycles. The molecule has 0 spiro atoms. The van der Waals surface area contributed by atoms with Gasteiger partial charge in [-0.05, 0) is 25.0 Å². The Balaban J connectivity index is 3.04. The largest absolute Gasteiger partial charge is 0.346 e. The van der Waals surface area contributed by atoms with Crippen molar-refractivity contribution in [2.24, 2.45) is 0 Å². The summed E-state index contributed by atoms with van der Waals surface area (Å²) in [7, 11) is 0. The lowest BCUT2D eigenvalue weighted by Gasteiger charge is -2.31. The number of carbonyl (C=O) groups is 1. The van der Waals surface area contributed by atoms with Crippen LogP contribution in [0.3, 0.4) is 0 Å². The molecule has 0 saturated carbocycles. The molecule has 0 radical (unpaired) electrons. The number of benzene rings is 1. The number of hydrogen-bond acceptors (Lipinski definition) is 1. The third kappa shape index (κ3) is 3.66. The molecule has 6 heteroatoms. The molecule has 0 heterocycles. The zero-order valence-corrected chi connectivity index (χ0v) is 13.0. The number of nitrogens with one attached hydrogen (secondary N) is 1. The van der Waals surface area contributed by atoms with Crippen molar-refractivity contribution in [2.75, 3.05) is 5.33 Å². The Hall–Kier alpha value is -0.680. The second-order valence-electron chi connectivity index (χ2n) is 4.32. The minimum Gasteiger partial charge on any atom is -0.346 e. The highest BCUT2D eigenvalue weighted by atomic mass is 79.9. The number of carbonyl (C=O) groups excluding carboxylic acids is 1. The molecular formula is C13H15BrClF2NO.